The molecular formula is C27H27ClFN3O4. The van der Waals surface area contributed by atoms with Gasteiger partial charge in [-0.2, -0.15) is 0 Å². The molecule has 0 radical (unpaired) electrons. The molecule has 7 nitrogen and oxygen atoms in total. The standard InChI is InChI=1S/C27H27ClFN3O4/c1-14-3-2-4-21(28)23(14)24-20(25(36-31-24)15-5-6-15)13-35-19-7-17-11-32(12-18(17)8-19)26-22(29)9-16(10-30-26)27(33)34/h2-4,9-10,15,17-19H,5-8,11-13H2,1H3,(H,33,34). The first-order valence-corrected chi connectivity index (χ1v) is 12.8. The second kappa shape index (κ2) is 9.16. The average molecular weight is 512 g/mol. The summed E-state index contributed by atoms with van der Waals surface area (Å²) in [7, 11) is 0. The highest BCUT2D eigenvalue weighted by Crippen LogP contribution is 2.46. The summed E-state index contributed by atoms with van der Waals surface area (Å²) in [6.45, 7) is 3.82. The van der Waals surface area contributed by atoms with Crippen LogP contribution in [0.25, 0.3) is 11.3 Å². The number of benzene rings is 1. The van der Waals surface area contributed by atoms with Crippen molar-refractivity contribution in [1.82, 2.24) is 10.1 Å². The Morgan fingerprint density at radius 1 is 1.28 bits per heavy atom. The van der Waals surface area contributed by atoms with E-state index in [1.54, 1.807) is 0 Å². The number of hydrogen-bond donors (Lipinski definition) is 1. The van der Waals surface area contributed by atoms with Gasteiger partial charge in [0.1, 0.15) is 11.5 Å². The SMILES string of the molecule is Cc1cccc(Cl)c1-c1noc(C2CC2)c1COC1CC2CN(c3ncc(C(=O)O)cc3F)CC2C1. The molecule has 3 aromatic rings. The zero-order valence-corrected chi connectivity index (χ0v) is 20.7. The molecule has 2 unspecified atom stereocenters. The van der Waals surface area contributed by atoms with Gasteiger partial charge in [-0.25, -0.2) is 14.2 Å². The van der Waals surface area contributed by atoms with E-state index in [4.69, 9.17) is 26.0 Å². The van der Waals surface area contributed by atoms with Gasteiger partial charge in [-0.3, -0.25) is 0 Å². The second-order valence-corrected chi connectivity index (χ2v) is 10.7. The largest absolute Gasteiger partial charge is 0.478 e. The highest BCUT2D eigenvalue weighted by Gasteiger charge is 2.43. The van der Waals surface area contributed by atoms with Crippen molar-refractivity contribution in [2.45, 2.75) is 51.2 Å². The van der Waals surface area contributed by atoms with E-state index in [0.717, 1.165) is 59.9 Å². The van der Waals surface area contributed by atoms with Crippen LogP contribution >= 0.6 is 11.6 Å². The Hall–Kier alpha value is -2.97. The van der Waals surface area contributed by atoms with Crippen molar-refractivity contribution in [3.63, 3.8) is 0 Å². The summed E-state index contributed by atoms with van der Waals surface area (Å²) >= 11 is 6.54. The van der Waals surface area contributed by atoms with Gasteiger partial charge < -0.3 is 19.3 Å². The number of nitrogens with zero attached hydrogens (tertiary/aromatic N) is 3. The number of aromatic carboxylic acids is 1. The summed E-state index contributed by atoms with van der Waals surface area (Å²) in [5, 5.41) is 14.1. The Morgan fingerprint density at radius 2 is 2.03 bits per heavy atom. The molecule has 3 fully saturated rings. The number of fused-ring (bicyclic) bond motifs is 1. The molecule has 2 atom stereocenters. The first-order valence-electron chi connectivity index (χ1n) is 12.4. The molecule has 1 aliphatic heterocycles. The molecule has 6 rings (SSSR count). The minimum atomic E-state index is -1.18. The van der Waals surface area contributed by atoms with Crippen LogP contribution in [-0.4, -0.2) is 40.4 Å². The molecule has 0 bridgehead atoms. The minimum absolute atomic E-state index is 0.108. The van der Waals surface area contributed by atoms with Gasteiger partial charge in [-0.15, -0.1) is 0 Å². The van der Waals surface area contributed by atoms with Crippen molar-refractivity contribution in [2.24, 2.45) is 11.8 Å². The van der Waals surface area contributed by atoms with Crippen LogP contribution in [-0.2, 0) is 11.3 Å². The highest BCUT2D eigenvalue weighted by molar-refractivity contribution is 6.33. The number of carboxylic acid groups (broad SMARTS) is 1. The Kier molecular flexibility index (Phi) is 5.96. The molecular weight excluding hydrogens is 485 g/mol. The normalized spacial score (nSPS) is 23.3. The van der Waals surface area contributed by atoms with Crippen LogP contribution in [0.3, 0.4) is 0 Å². The number of anilines is 1. The number of carboxylic acids is 1. The van der Waals surface area contributed by atoms with E-state index in [9.17, 15) is 9.18 Å². The van der Waals surface area contributed by atoms with Crippen LogP contribution in [0, 0.1) is 24.6 Å². The van der Waals surface area contributed by atoms with E-state index in [-0.39, 0.29) is 17.5 Å². The van der Waals surface area contributed by atoms with Gasteiger partial charge in [0.25, 0.3) is 0 Å². The van der Waals surface area contributed by atoms with E-state index >= 15 is 0 Å². The molecule has 2 saturated carbocycles. The number of ether oxygens (including phenoxy) is 1. The van der Waals surface area contributed by atoms with E-state index in [1.807, 2.05) is 30.0 Å². The van der Waals surface area contributed by atoms with Gasteiger partial charge in [-0.05, 0) is 62.1 Å². The predicted molar refractivity (Wildman–Crippen MR) is 132 cm³/mol. The van der Waals surface area contributed by atoms with Crippen molar-refractivity contribution < 1.29 is 23.6 Å². The zero-order chi connectivity index (χ0) is 25.0. The van der Waals surface area contributed by atoms with Crippen molar-refractivity contribution >= 4 is 23.4 Å². The summed E-state index contributed by atoms with van der Waals surface area (Å²) in [4.78, 5) is 17.1. The van der Waals surface area contributed by atoms with Crippen molar-refractivity contribution in [1.29, 1.82) is 0 Å². The smallest absolute Gasteiger partial charge is 0.337 e. The van der Waals surface area contributed by atoms with Crippen LogP contribution in [0.1, 0.15) is 58.8 Å². The lowest BCUT2D eigenvalue weighted by Crippen LogP contribution is -2.25. The predicted octanol–water partition coefficient (Wildman–Crippen LogP) is 5.84. The maximum absolute atomic E-state index is 14.5. The van der Waals surface area contributed by atoms with Crippen LogP contribution < -0.4 is 4.90 Å². The lowest BCUT2D eigenvalue weighted by atomic mass is 10.0. The molecule has 1 aromatic carbocycles. The molecule has 2 aromatic heterocycles. The van der Waals surface area contributed by atoms with Crippen molar-refractivity contribution in [3.8, 4) is 11.3 Å². The fraction of sp³-hybridized carbons (Fsp3) is 0.444. The first-order chi connectivity index (χ1) is 17.4. The quantitative estimate of drug-likeness (QED) is 0.426. The Labute approximate surface area is 213 Å². The third-order valence-electron chi connectivity index (χ3n) is 7.76. The van der Waals surface area contributed by atoms with Crippen LogP contribution in [0.2, 0.25) is 5.02 Å². The van der Waals surface area contributed by atoms with Crippen molar-refractivity contribution in [2.75, 3.05) is 18.0 Å². The monoisotopic (exact) mass is 511 g/mol. The molecule has 9 heteroatoms. The number of rotatable bonds is 7. The zero-order valence-electron chi connectivity index (χ0n) is 19.9. The number of pyridine rings is 1. The summed E-state index contributed by atoms with van der Waals surface area (Å²) < 4.78 is 26.8. The number of aromatic nitrogens is 2. The summed E-state index contributed by atoms with van der Waals surface area (Å²) in [5.74, 6) is 0.531. The van der Waals surface area contributed by atoms with Gasteiger partial charge in [0.15, 0.2) is 11.6 Å². The van der Waals surface area contributed by atoms with Crippen LogP contribution in [0.15, 0.2) is 35.0 Å². The minimum Gasteiger partial charge on any atom is -0.478 e. The van der Waals surface area contributed by atoms with Gasteiger partial charge in [0.05, 0.1) is 23.3 Å². The van der Waals surface area contributed by atoms with Gasteiger partial charge in [0.2, 0.25) is 0 Å². The second-order valence-electron chi connectivity index (χ2n) is 10.2. The maximum Gasteiger partial charge on any atom is 0.337 e. The number of halogens is 2. The summed E-state index contributed by atoms with van der Waals surface area (Å²) in [6.07, 6.45) is 5.31. The first kappa shape index (κ1) is 23.4. The molecule has 36 heavy (non-hydrogen) atoms. The van der Waals surface area contributed by atoms with E-state index in [1.165, 1.54) is 6.20 Å². The lowest BCUT2D eigenvalue weighted by molar-refractivity contribution is 0.0402. The summed E-state index contributed by atoms with van der Waals surface area (Å²) in [6, 6.07) is 6.87. The highest BCUT2D eigenvalue weighted by atomic mass is 35.5. The molecule has 1 N–H and O–H groups in total. The lowest BCUT2D eigenvalue weighted by Gasteiger charge is -2.21. The maximum atomic E-state index is 14.5. The van der Waals surface area contributed by atoms with E-state index in [0.29, 0.717) is 42.5 Å². The average Bonchev–Trinajstić information content (AvgIpc) is 3.31. The van der Waals surface area contributed by atoms with Crippen molar-refractivity contribution in [3.05, 3.63) is 63.8 Å². The Balaban J connectivity index is 1.13. The van der Waals surface area contributed by atoms with Crippen LogP contribution in [0.4, 0.5) is 10.2 Å². The Bertz CT molecular complexity index is 1290. The number of hydrogen-bond acceptors (Lipinski definition) is 6. The third kappa shape index (κ3) is 4.26. The molecule has 0 amide bonds. The Morgan fingerprint density at radius 3 is 2.67 bits per heavy atom. The molecule has 188 valence electrons. The van der Waals surface area contributed by atoms with Gasteiger partial charge in [-0.1, -0.05) is 28.9 Å². The fourth-order valence-corrected chi connectivity index (χ4v) is 6.10. The third-order valence-corrected chi connectivity index (χ3v) is 8.08. The van der Waals surface area contributed by atoms with Gasteiger partial charge in [0, 0.05) is 36.3 Å². The van der Waals surface area contributed by atoms with Crippen LogP contribution in [0.5, 0.6) is 0 Å². The fourth-order valence-electron chi connectivity index (χ4n) is 5.79. The van der Waals surface area contributed by atoms with E-state index < -0.39 is 11.8 Å². The van der Waals surface area contributed by atoms with Gasteiger partial charge >= 0.3 is 5.97 Å². The molecule has 3 aliphatic rings. The molecule has 3 heterocycles. The molecule has 0 spiro atoms. The molecule has 2 aliphatic carbocycles. The number of carbonyl (C=O) groups is 1. The van der Waals surface area contributed by atoms with E-state index in [2.05, 4.69) is 10.1 Å². The molecule has 1 saturated heterocycles. The topological polar surface area (TPSA) is 88.7 Å². The number of aryl methyl sites for hydroxylation is 1. The summed E-state index contributed by atoms with van der Waals surface area (Å²) in [5.41, 5.74) is 3.57.